The van der Waals surface area contributed by atoms with E-state index in [2.05, 4.69) is 4.90 Å². The van der Waals surface area contributed by atoms with Crippen molar-refractivity contribution < 1.29 is 23.1 Å². The van der Waals surface area contributed by atoms with Gasteiger partial charge in [0.05, 0.1) is 12.1 Å². The molecule has 1 unspecified atom stereocenters. The van der Waals surface area contributed by atoms with E-state index in [-0.39, 0.29) is 6.54 Å². The summed E-state index contributed by atoms with van der Waals surface area (Å²) in [5, 5.41) is 8.82. The van der Waals surface area contributed by atoms with Crippen molar-refractivity contribution in [2.45, 2.75) is 25.4 Å². The monoisotopic (exact) mass is 358 g/mol. The van der Waals surface area contributed by atoms with Gasteiger partial charge in [0.2, 0.25) is 0 Å². The Morgan fingerprint density at radius 2 is 2.16 bits per heavy atom. The van der Waals surface area contributed by atoms with E-state index in [1.54, 1.807) is 13.1 Å². The van der Waals surface area contributed by atoms with Crippen LogP contribution in [0.15, 0.2) is 24.3 Å². The second-order valence-corrected chi connectivity index (χ2v) is 6.85. The molecule has 1 aromatic rings. The van der Waals surface area contributed by atoms with Crippen molar-refractivity contribution in [1.82, 2.24) is 9.80 Å². The minimum absolute atomic E-state index is 0.0285. The molecule has 4 nitrogen and oxygen atoms in total. The molecule has 2 rings (SSSR count). The number of likely N-dealkylation sites (N-methyl/N-ethyl adjacent to an activating group) is 1. The van der Waals surface area contributed by atoms with Gasteiger partial charge in [-0.25, -0.2) is 0 Å². The maximum Gasteiger partial charge on any atom is 0.416 e. The van der Waals surface area contributed by atoms with Crippen molar-refractivity contribution in [1.29, 1.82) is 0 Å². The summed E-state index contributed by atoms with van der Waals surface area (Å²) in [6.07, 6.45) is -1.62. The quantitative estimate of drug-likeness (QED) is 0.814. The summed E-state index contributed by atoms with van der Waals surface area (Å²) < 4.78 is 38.3. The third-order valence-electron chi connectivity index (χ3n) is 4.55. The Labute approximate surface area is 146 Å². The summed E-state index contributed by atoms with van der Waals surface area (Å²) in [7, 11) is 1.80. The normalized spacial score (nSPS) is 19.3. The third-order valence-corrected chi connectivity index (χ3v) is 4.55. The fourth-order valence-electron chi connectivity index (χ4n) is 3.43. The zero-order valence-corrected chi connectivity index (χ0v) is 14.4. The lowest BCUT2D eigenvalue weighted by Crippen LogP contribution is -2.41. The molecule has 0 amide bonds. The molecule has 0 radical (unpaired) electrons. The number of nitrogens with zero attached hydrogens (tertiary/aromatic N) is 2. The molecule has 1 N–H and O–H groups in total. The van der Waals surface area contributed by atoms with Gasteiger partial charge in [-0.1, -0.05) is 18.2 Å². The molecule has 0 spiro atoms. The Bertz CT molecular complexity index is 578. The van der Waals surface area contributed by atoms with Crippen LogP contribution in [0.5, 0.6) is 0 Å². The summed E-state index contributed by atoms with van der Waals surface area (Å²) in [6, 6.07) is 5.51. The third kappa shape index (κ3) is 6.66. The number of likely N-dealkylation sites (tertiary alicyclic amines) is 1. The van der Waals surface area contributed by atoms with Gasteiger partial charge in [-0.05, 0) is 50.4 Å². The number of aliphatic carboxylic acids is 1. The Kier molecular flexibility index (Phi) is 6.84. The highest BCUT2D eigenvalue weighted by atomic mass is 19.4. The van der Waals surface area contributed by atoms with Crippen LogP contribution in [0.3, 0.4) is 0 Å². The lowest BCUT2D eigenvalue weighted by molar-refractivity contribution is -0.138. The van der Waals surface area contributed by atoms with Gasteiger partial charge in [0.25, 0.3) is 0 Å². The standard InChI is InChI=1S/C18H25F3N2O2/c1-22(13-17(24)25)11-15-5-3-8-23(12-15)9-7-14-4-2-6-16(10-14)18(19,20)21/h2,4,6,10,15H,3,5,7-9,11-13H2,1H3,(H,24,25). The molecule has 25 heavy (non-hydrogen) atoms. The number of halogens is 3. The van der Waals surface area contributed by atoms with E-state index in [1.807, 2.05) is 4.90 Å². The zero-order valence-electron chi connectivity index (χ0n) is 14.4. The molecule has 1 aromatic carbocycles. The minimum atomic E-state index is -4.30. The van der Waals surface area contributed by atoms with Crippen LogP contribution in [0.25, 0.3) is 0 Å². The second-order valence-electron chi connectivity index (χ2n) is 6.85. The van der Waals surface area contributed by atoms with E-state index in [4.69, 9.17) is 5.11 Å². The highest BCUT2D eigenvalue weighted by Gasteiger charge is 2.30. The molecule has 1 aliphatic heterocycles. The molecular formula is C18H25F3N2O2. The van der Waals surface area contributed by atoms with Crippen molar-refractivity contribution in [2.75, 3.05) is 39.8 Å². The first-order valence-electron chi connectivity index (χ1n) is 8.53. The Balaban J connectivity index is 1.83. The number of piperidine rings is 1. The Morgan fingerprint density at radius 1 is 1.40 bits per heavy atom. The summed E-state index contributed by atoms with van der Waals surface area (Å²) >= 11 is 0. The molecular weight excluding hydrogens is 333 g/mol. The first kappa shape index (κ1) is 19.7. The number of carbonyl (C=O) groups is 1. The molecule has 0 aromatic heterocycles. The van der Waals surface area contributed by atoms with Crippen molar-refractivity contribution in [2.24, 2.45) is 5.92 Å². The Hall–Kier alpha value is -1.60. The molecule has 0 bridgehead atoms. The Morgan fingerprint density at radius 3 is 2.84 bits per heavy atom. The fourth-order valence-corrected chi connectivity index (χ4v) is 3.43. The van der Waals surface area contributed by atoms with Gasteiger partial charge in [-0.15, -0.1) is 0 Å². The predicted octanol–water partition coefficient (Wildman–Crippen LogP) is 2.98. The number of hydrogen-bond acceptors (Lipinski definition) is 3. The highest BCUT2D eigenvalue weighted by molar-refractivity contribution is 5.68. The zero-order chi connectivity index (χ0) is 18.4. The molecule has 1 fully saturated rings. The lowest BCUT2D eigenvalue weighted by Gasteiger charge is -2.34. The molecule has 1 heterocycles. The van der Waals surface area contributed by atoms with Crippen LogP contribution in [0.4, 0.5) is 13.2 Å². The van der Waals surface area contributed by atoms with E-state index in [9.17, 15) is 18.0 Å². The van der Waals surface area contributed by atoms with Crippen LogP contribution in [-0.2, 0) is 17.4 Å². The topological polar surface area (TPSA) is 43.8 Å². The average molecular weight is 358 g/mol. The first-order chi connectivity index (χ1) is 11.7. The van der Waals surface area contributed by atoms with E-state index in [0.717, 1.165) is 45.1 Å². The average Bonchev–Trinajstić information content (AvgIpc) is 2.52. The molecule has 1 atom stereocenters. The number of carboxylic acids is 1. The van der Waals surface area contributed by atoms with Gasteiger partial charge in [-0.3, -0.25) is 9.69 Å². The number of alkyl halides is 3. The fraction of sp³-hybridized carbons (Fsp3) is 0.611. The smallest absolute Gasteiger partial charge is 0.416 e. The van der Waals surface area contributed by atoms with Crippen LogP contribution in [0, 0.1) is 5.92 Å². The van der Waals surface area contributed by atoms with E-state index in [0.29, 0.717) is 17.9 Å². The van der Waals surface area contributed by atoms with Crippen LogP contribution in [0.1, 0.15) is 24.0 Å². The lowest BCUT2D eigenvalue weighted by atomic mass is 9.97. The highest BCUT2D eigenvalue weighted by Crippen LogP contribution is 2.29. The SMILES string of the molecule is CN(CC(=O)O)CC1CCCN(CCc2cccc(C(F)(F)F)c2)C1. The van der Waals surface area contributed by atoms with E-state index in [1.165, 1.54) is 12.1 Å². The number of rotatable bonds is 7. The maximum atomic E-state index is 12.8. The minimum Gasteiger partial charge on any atom is -0.480 e. The van der Waals surface area contributed by atoms with Crippen molar-refractivity contribution >= 4 is 5.97 Å². The molecule has 0 saturated carbocycles. The van der Waals surface area contributed by atoms with Crippen molar-refractivity contribution in [3.63, 3.8) is 0 Å². The van der Waals surface area contributed by atoms with Crippen LogP contribution in [-0.4, -0.2) is 60.6 Å². The molecule has 1 saturated heterocycles. The van der Waals surface area contributed by atoms with Crippen molar-refractivity contribution in [3.05, 3.63) is 35.4 Å². The van der Waals surface area contributed by atoms with Gasteiger partial charge in [0, 0.05) is 19.6 Å². The van der Waals surface area contributed by atoms with Gasteiger partial charge < -0.3 is 10.0 Å². The molecule has 1 aliphatic rings. The van der Waals surface area contributed by atoms with E-state index >= 15 is 0 Å². The number of benzene rings is 1. The largest absolute Gasteiger partial charge is 0.480 e. The summed E-state index contributed by atoms with van der Waals surface area (Å²) in [6.45, 7) is 3.29. The summed E-state index contributed by atoms with van der Waals surface area (Å²) in [4.78, 5) is 14.8. The van der Waals surface area contributed by atoms with Gasteiger partial charge >= 0.3 is 12.1 Å². The maximum absolute atomic E-state index is 12.8. The van der Waals surface area contributed by atoms with Crippen LogP contribution in [0.2, 0.25) is 0 Å². The van der Waals surface area contributed by atoms with Crippen LogP contribution < -0.4 is 0 Å². The predicted molar refractivity (Wildman–Crippen MR) is 89.4 cm³/mol. The van der Waals surface area contributed by atoms with Crippen LogP contribution >= 0.6 is 0 Å². The first-order valence-corrected chi connectivity index (χ1v) is 8.53. The molecule has 7 heteroatoms. The summed E-state index contributed by atoms with van der Waals surface area (Å²) in [5.74, 6) is -0.431. The summed E-state index contributed by atoms with van der Waals surface area (Å²) in [5.41, 5.74) is 0.0942. The second kappa shape index (κ2) is 8.67. The number of carboxylic acid groups (broad SMARTS) is 1. The molecule has 140 valence electrons. The van der Waals surface area contributed by atoms with Gasteiger partial charge in [0.15, 0.2) is 0 Å². The number of hydrogen-bond donors (Lipinski definition) is 1. The molecule has 0 aliphatic carbocycles. The van der Waals surface area contributed by atoms with E-state index < -0.39 is 17.7 Å². The van der Waals surface area contributed by atoms with Gasteiger partial charge in [-0.2, -0.15) is 13.2 Å². The van der Waals surface area contributed by atoms with Crippen molar-refractivity contribution in [3.8, 4) is 0 Å². The van der Waals surface area contributed by atoms with Gasteiger partial charge in [0.1, 0.15) is 0 Å².